The lowest BCUT2D eigenvalue weighted by Gasteiger charge is -2.14. The van der Waals surface area contributed by atoms with E-state index in [1.807, 2.05) is 6.92 Å². The van der Waals surface area contributed by atoms with Crippen LogP contribution in [0.25, 0.3) is 0 Å². The van der Waals surface area contributed by atoms with Crippen molar-refractivity contribution in [2.45, 2.75) is 32.7 Å². The van der Waals surface area contributed by atoms with Crippen molar-refractivity contribution >= 4 is 11.6 Å². The molecule has 0 aliphatic heterocycles. The molecule has 2 N–H and O–H groups in total. The molecule has 1 amide bonds. The van der Waals surface area contributed by atoms with Gasteiger partial charge >= 0.3 is 0 Å². The molecule has 4 nitrogen and oxygen atoms in total. The third-order valence-corrected chi connectivity index (χ3v) is 2.74. The summed E-state index contributed by atoms with van der Waals surface area (Å²) >= 11 is 0. The second kappa shape index (κ2) is 7.61. The Labute approximate surface area is 113 Å². The average molecular weight is 268 g/mol. The van der Waals surface area contributed by atoms with Gasteiger partial charge in [-0.2, -0.15) is 0 Å². The number of rotatable bonds is 7. The summed E-state index contributed by atoms with van der Waals surface area (Å²) in [6.45, 7) is 4.05. The number of hydrogen-bond acceptors (Lipinski definition) is 3. The molecule has 1 unspecified atom stereocenters. The fraction of sp³-hybridized carbons (Fsp3) is 0.500. The van der Waals surface area contributed by atoms with E-state index in [-0.39, 0.29) is 24.2 Å². The van der Waals surface area contributed by atoms with Crippen molar-refractivity contribution in [1.82, 2.24) is 5.32 Å². The van der Waals surface area contributed by atoms with Gasteiger partial charge in [0, 0.05) is 12.1 Å². The van der Waals surface area contributed by atoms with Gasteiger partial charge in [0.25, 0.3) is 0 Å². The van der Waals surface area contributed by atoms with Crippen LogP contribution in [0.4, 0.5) is 10.1 Å². The summed E-state index contributed by atoms with van der Waals surface area (Å²) in [5, 5.41) is 5.61. The first-order chi connectivity index (χ1) is 9.06. The van der Waals surface area contributed by atoms with Crippen LogP contribution >= 0.6 is 0 Å². The Hall–Kier alpha value is -1.78. The Bertz CT molecular complexity index is 424. The number of anilines is 1. The van der Waals surface area contributed by atoms with Crippen LogP contribution in [0.2, 0.25) is 0 Å². The van der Waals surface area contributed by atoms with E-state index < -0.39 is 5.82 Å². The highest BCUT2D eigenvalue weighted by molar-refractivity contribution is 5.81. The number of benzene rings is 1. The van der Waals surface area contributed by atoms with Crippen molar-refractivity contribution in [1.29, 1.82) is 0 Å². The van der Waals surface area contributed by atoms with E-state index in [1.165, 1.54) is 25.3 Å². The SMILES string of the molecule is CCCC(C)NC(=O)CNc1cc(OC)ccc1F. The van der Waals surface area contributed by atoms with Gasteiger partial charge in [0.15, 0.2) is 0 Å². The van der Waals surface area contributed by atoms with E-state index in [0.717, 1.165) is 12.8 Å². The summed E-state index contributed by atoms with van der Waals surface area (Å²) in [6, 6.07) is 4.50. The van der Waals surface area contributed by atoms with Gasteiger partial charge in [-0.25, -0.2) is 4.39 Å². The summed E-state index contributed by atoms with van der Waals surface area (Å²) in [5.41, 5.74) is 0.262. The number of ether oxygens (including phenoxy) is 1. The maximum absolute atomic E-state index is 13.5. The van der Waals surface area contributed by atoms with Gasteiger partial charge in [-0.3, -0.25) is 4.79 Å². The topological polar surface area (TPSA) is 50.4 Å². The molecule has 0 spiro atoms. The minimum Gasteiger partial charge on any atom is -0.497 e. The number of halogens is 1. The van der Waals surface area contributed by atoms with Gasteiger partial charge in [-0.05, 0) is 25.5 Å². The molecular formula is C14H21FN2O2. The zero-order chi connectivity index (χ0) is 14.3. The molecule has 0 saturated carbocycles. The van der Waals surface area contributed by atoms with Crippen molar-refractivity contribution < 1.29 is 13.9 Å². The molecule has 0 radical (unpaired) electrons. The van der Waals surface area contributed by atoms with Crippen LogP contribution < -0.4 is 15.4 Å². The minimum atomic E-state index is -0.407. The Morgan fingerprint density at radius 3 is 2.84 bits per heavy atom. The molecular weight excluding hydrogens is 247 g/mol. The maximum atomic E-state index is 13.5. The molecule has 5 heteroatoms. The van der Waals surface area contributed by atoms with Crippen molar-refractivity contribution in [3.05, 3.63) is 24.0 Å². The van der Waals surface area contributed by atoms with Crippen LogP contribution in [0, 0.1) is 5.82 Å². The highest BCUT2D eigenvalue weighted by Gasteiger charge is 2.08. The number of methoxy groups -OCH3 is 1. The molecule has 0 bridgehead atoms. The molecule has 1 rings (SSSR count). The Morgan fingerprint density at radius 1 is 1.47 bits per heavy atom. The van der Waals surface area contributed by atoms with Gasteiger partial charge in [0.05, 0.1) is 19.3 Å². The summed E-state index contributed by atoms with van der Waals surface area (Å²) in [6.07, 6.45) is 1.94. The van der Waals surface area contributed by atoms with Gasteiger partial charge in [0.2, 0.25) is 5.91 Å². The van der Waals surface area contributed by atoms with Crippen LogP contribution in [0.15, 0.2) is 18.2 Å². The molecule has 0 aliphatic carbocycles. The lowest BCUT2D eigenvalue weighted by atomic mass is 10.2. The van der Waals surface area contributed by atoms with E-state index in [0.29, 0.717) is 5.75 Å². The largest absolute Gasteiger partial charge is 0.497 e. The molecule has 106 valence electrons. The van der Waals surface area contributed by atoms with Crippen molar-refractivity contribution in [3.8, 4) is 5.75 Å². The Balaban J connectivity index is 2.50. The molecule has 0 aromatic heterocycles. The van der Waals surface area contributed by atoms with Crippen LogP contribution in [-0.2, 0) is 4.79 Å². The van der Waals surface area contributed by atoms with Crippen LogP contribution in [-0.4, -0.2) is 25.6 Å². The summed E-state index contributed by atoms with van der Waals surface area (Å²) in [7, 11) is 1.51. The predicted molar refractivity (Wildman–Crippen MR) is 74.0 cm³/mol. The molecule has 0 fully saturated rings. The monoisotopic (exact) mass is 268 g/mol. The lowest BCUT2D eigenvalue weighted by Crippen LogP contribution is -2.36. The first kappa shape index (κ1) is 15.3. The molecule has 19 heavy (non-hydrogen) atoms. The number of hydrogen-bond donors (Lipinski definition) is 2. The first-order valence-corrected chi connectivity index (χ1v) is 6.43. The second-order valence-electron chi connectivity index (χ2n) is 4.46. The number of carbonyl (C=O) groups excluding carboxylic acids is 1. The maximum Gasteiger partial charge on any atom is 0.239 e. The number of amides is 1. The third kappa shape index (κ3) is 5.16. The summed E-state index contributed by atoms with van der Waals surface area (Å²) in [5.74, 6) is -0.0120. The van der Waals surface area contributed by atoms with Crippen LogP contribution in [0.5, 0.6) is 5.75 Å². The highest BCUT2D eigenvalue weighted by Crippen LogP contribution is 2.20. The quantitative estimate of drug-likeness (QED) is 0.799. The Kier molecular flexibility index (Phi) is 6.12. The van der Waals surface area contributed by atoms with Crippen LogP contribution in [0.3, 0.4) is 0 Å². The van der Waals surface area contributed by atoms with E-state index in [4.69, 9.17) is 4.74 Å². The van der Waals surface area contributed by atoms with E-state index >= 15 is 0 Å². The van der Waals surface area contributed by atoms with Gasteiger partial charge in [-0.15, -0.1) is 0 Å². The molecule has 0 saturated heterocycles. The fourth-order valence-electron chi connectivity index (χ4n) is 1.77. The Morgan fingerprint density at radius 2 is 2.21 bits per heavy atom. The molecule has 0 aliphatic rings. The van der Waals surface area contributed by atoms with Gasteiger partial charge in [0.1, 0.15) is 11.6 Å². The predicted octanol–water partition coefficient (Wildman–Crippen LogP) is 2.55. The molecule has 1 aromatic rings. The second-order valence-corrected chi connectivity index (χ2v) is 4.46. The van der Waals surface area contributed by atoms with E-state index in [2.05, 4.69) is 17.6 Å². The van der Waals surface area contributed by atoms with Gasteiger partial charge < -0.3 is 15.4 Å². The summed E-state index contributed by atoms with van der Waals surface area (Å²) < 4.78 is 18.5. The van der Waals surface area contributed by atoms with Crippen LogP contribution in [0.1, 0.15) is 26.7 Å². The van der Waals surface area contributed by atoms with Crippen molar-refractivity contribution in [2.75, 3.05) is 19.0 Å². The summed E-state index contributed by atoms with van der Waals surface area (Å²) in [4.78, 5) is 11.6. The van der Waals surface area contributed by atoms with E-state index in [1.54, 1.807) is 0 Å². The zero-order valence-corrected chi connectivity index (χ0v) is 11.6. The zero-order valence-electron chi connectivity index (χ0n) is 11.6. The molecule has 1 aromatic carbocycles. The first-order valence-electron chi connectivity index (χ1n) is 6.43. The molecule has 0 heterocycles. The lowest BCUT2D eigenvalue weighted by molar-refractivity contribution is -0.120. The standard InChI is InChI=1S/C14H21FN2O2/c1-4-5-10(2)17-14(18)9-16-13-8-11(19-3)6-7-12(13)15/h6-8,10,16H,4-5,9H2,1-3H3,(H,17,18). The fourth-order valence-corrected chi connectivity index (χ4v) is 1.77. The van der Waals surface area contributed by atoms with Crippen molar-refractivity contribution in [2.24, 2.45) is 0 Å². The van der Waals surface area contributed by atoms with Gasteiger partial charge in [-0.1, -0.05) is 13.3 Å². The van der Waals surface area contributed by atoms with Crippen molar-refractivity contribution in [3.63, 3.8) is 0 Å². The number of nitrogens with one attached hydrogen (secondary N) is 2. The normalized spacial score (nSPS) is 11.8. The highest BCUT2D eigenvalue weighted by atomic mass is 19.1. The average Bonchev–Trinajstić information content (AvgIpc) is 2.38. The smallest absolute Gasteiger partial charge is 0.239 e. The molecule has 1 atom stereocenters. The minimum absolute atomic E-state index is 0.0398. The third-order valence-electron chi connectivity index (χ3n) is 2.74. The van der Waals surface area contributed by atoms with E-state index in [9.17, 15) is 9.18 Å². The number of carbonyl (C=O) groups is 1.